The van der Waals surface area contributed by atoms with Gasteiger partial charge in [-0.3, -0.25) is 0 Å². The Morgan fingerprint density at radius 1 is 0.259 bits per heavy atom. The SMILES string of the molecule is C1=CC(c2cc3c(cc2-c2ccccc2)c2cc(-c4ccccc4)c(C4=CCCC=C4)cc2c2cc(-c4ccccc4)c(-c4ccccc4)cc32)=CCC1. The maximum Gasteiger partial charge on any atom is -0.00921 e. The minimum atomic E-state index is 1.06. The summed E-state index contributed by atoms with van der Waals surface area (Å²) in [5.41, 5.74) is 15.2. The van der Waals surface area contributed by atoms with Crippen molar-refractivity contribution in [2.24, 2.45) is 0 Å². The molecule has 0 N–H and O–H groups in total. The Labute approximate surface area is 317 Å². The molecule has 0 spiro atoms. The highest BCUT2D eigenvalue weighted by atomic mass is 14.2. The van der Waals surface area contributed by atoms with Gasteiger partial charge in [0.05, 0.1) is 0 Å². The first-order chi connectivity index (χ1) is 26.8. The molecule has 10 rings (SSSR count). The van der Waals surface area contributed by atoms with Crippen LogP contribution in [0, 0.1) is 0 Å². The topological polar surface area (TPSA) is 0 Å². The van der Waals surface area contributed by atoms with Crippen LogP contribution in [0.2, 0.25) is 0 Å². The smallest absolute Gasteiger partial charge is 0.00921 e. The van der Waals surface area contributed by atoms with Gasteiger partial charge in [0.2, 0.25) is 0 Å². The number of benzene rings is 8. The number of hydrogen-bond donors (Lipinski definition) is 0. The molecule has 0 aliphatic heterocycles. The molecule has 2 aliphatic carbocycles. The third kappa shape index (κ3) is 5.72. The second-order valence-electron chi connectivity index (χ2n) is 14.6. The maximum absolute atomic E-state index is 2.50. The average Bonchev–Trinajstić information content (AvgIpc) is 3.27. The average molecular weight is 689 g/mol. The minimum absolute atomic E-state index is 1.06. The van der Waals surface area contributed by atoms with Gasteiger partial charge in [-0.15, -0.1) is 0 Å². The van der Waals surface area contributed by atoms with Crippen molar-refractivity contribution in [1.82, 2.24) is 0 Å². The fourth-order valence-electron chi connectivity index (χ4n) is 8.67. The summed E-state index contributed by atoms with van der Waals surface area (Å²) < 4.78 is 0. The summed E-state index contributed by atoms with van der Waals surface area (Å²) >= 11 is 0. The van der Waals surface area contributed by atoms with E-state index in [2.05, 4.69) is 194 Å². The molecule has 8 aromatic rings. The highest BCUT2D eigenvalue weighted by Crippen LogP contribution is 2.47. The van der Waals surface area contributed by atoms with Crippen LogP contribution in [0.1, 0.15) is 36.8 Å². The first-order valence-electron chi connectivity index (χ1n) is 19.3. The lowest BCUT2D eigenvalue weighted by molar-refractivity contribution is 1.04. The summed E-state index contributed by atoms with van der Waals surface area (Å²) in [5, 5.41) is 7.69. The van der Waals surface area contributed by atoms with Crippen molar-refractivity contribution >= 4 is 43.5 Å². The van der Waals surface area contributed by atoms with Gasteiger partial charge in [0.15, 0.2) is 0 Å². The molecule has 0 heteroatoms. The van der Waals surface area contributed by atoms with E-state index < -0.39 is 0 Å². The molecule has 0 unspecified atom stereocenters. The highest BCUT2D eigenvalue weighted by Gasteiger charge is 2.21. The third-order valence-corrected chi connectivity index (χ3v) is 11.3. The van der Waals surface area contributed by atoms with Gasteiger partial charge in [-0.1, -0.05) is 158 Å². The van der Waals surface area contributed by atoms with Crippen LogP contribution in [-0.2, 0) is 0 Å². The first kappa shape index (κ1) is 32.2. The molecule has 0 bridgehead atoms. The van der Waals surface area contributed by atoms with E-state index in [1.54, 1.807) is 0 Å². The molecule has 8 aromatic carbocycles. The van der Waals surface area contributed by atoms with Crippen molar-refractivity contribution in [3.05, 3.63) is 205 Å². The van der Waals surface area contributed by atoms with Crippen molar-refractivity contribution in [1.29, 1.82) is 0 Å². The van der Waals surface area contributed by atoms with Crippen molar-refractivity contribution in [3.63, 3.8) is 0 Å². The summed E-state index contributed by atoms with van der Waals surface area (Å²) in [5.74, 6) is 0. The van der Waals surface area contributed by atoms with Crippen LogP contribution in [0.3, 0.4) is 0 Å². The van der Waals surface area contributed by atoms with Crippen molar-refractivity contribution < 1.29 is 0 Å². The molecule has 0 fully saturated rings. The zero-order valence-electron chi connectivity index (χ0n) is 30.3. The largest absolute Gasteiger partial charge is 0.0836 e. The normalized spacial score (nSPS) is 14.1. The second kappa shape index (κ2) is 13.8. The van der Waals surface area contributed by atoms with Gasteiger partial charge in [-0.25, -0.2) is 0 Å². The fourth-order valence-corrected chi connectivity index (χ4v) is 8.67. The summed E-state index contributed by atoms with van der Waals surface area (Å²) in [6.07, 6.45) is 18.4. The van der Waals surface area contributed by atoms with Crippen molar-refractivity contribution in [3.8, 4) is 44.5 Å². The van der Waals surface area contributed by atoms with Gasteiger partial charge in [-0.2, -0.15) is 0 Å². The Morgan fingerprint density at radius 3 is 0.778 bits per heavy atom. The molecule has 0 aromatic heterocycles. The molecule has 0 saturated heterocycles. The molecule has 2 aliphatic rings. The third-order valence-electron chi connectivity index (χ3n) is 11.3. The Hall–Kier alpha value is -6.50. The highest BCUT2D eigenvalue weighted by molar-refractivity contribution is 6.28. The molecule has 0 heterocycles. The molecule has 0 amide bonds. The lowest BCUT2D eigenvalue weighted by Gasteiger charge is -2.22. The Morgan fingerprint density at radius 2 is 0.519 bits per heavy atom. The van der Waals surface area contributed by atoms with E-state index in [9.17, 15) is 0 Å². The first-order valence-corrected chi connectivity index (χ1v) is 19.3. The van der Waals surface area contributed by atoms with E-state index in [0.29, 0.717) is 0 Å². The van der Waals surface area contributed by atoms with E-state index in [-0.39, 0.29) is 0 Å². The van der Waals surface area contributed by atoms with Crippen LogP contribution in [0.25, 0.3) is 88.0 Å². The quantitative estimate of drug-likeness (QED) is 0.153. The van der Waals surface area contributed by atoms with Gasteiger partial charge >= 0.3 is 0 Å². The van der Waals surface area contributed by atoms with E-state index in [1.807, 2.05) is 0 Å². The lowest BCUT2D eigenvalue weighted by atomic mass is 9.82. The number of hydrogen-bond acceptors (Lipinski definition) is 0. The summed E-state index contributed by atoms with van der Waals surface area (Å²) in [7, 11) is 0. The second-order valence-corrected chi connectivity index (χ2v) is 14.6. The molecular formula is C54H40. The van der Waals surface area contributed by atoms with E-state index >= 15 is 0 Å². The zero-order chi connectivity index (χ0) is 35.8. The maximum atomic E-state index is 2.50. The molecule has 0 atom stereocenters. The van der Waals surface area contributed by atoms with Crippen molar-refractivity contribution in [2.75, 3.05) is 0 Å². The van der Waals surface area contributed by atoms with Gasteiger partial charge in [0.25, 0.3) is 0 Å². The predicted molar refractivity (Wildman–Crippen MR) is 233 cm³/mol. The summed E-state index contributed by atoms with van der Waals surface area (Å²) in [6, 6.07) is 58.7. The van der Waals surface area contributed by atoms with Crippen LogP contribution in [0.4, 0.5) is 0 Å². The zero-order valence-corrected chi connectivity index (χ0v) is 30.3. The Kier molecular flexibility index (Phi) is 8.23. The summed E-state index contributed by atoms with van der Waals surface area (Å²) in [6.45, 7) is 0. The molecule has 0 saturated carbocycles. The number of rotatable bonds is 6. The molecule has 0 radical (unpaired) electrons. The number of allylic oxidation sites excluding steroid dienone is 8. The van der Waals surface area contributed by atoms with Crippen LogP contribution in [-0.4, -0.2) is 0 Å². The Bertz CT molecular complexity index is 2600. The molecule has 0 nitrogen and oxygen atoms in total. The van der Waals surface area contributed by atoms with Crippen LogP contribution >= 0.6 is 0 Å². The van der Waals surface area contributed by atoms with Gasteiger partial charge in [0.1, 0.15) is 0 Å². The standard InChI is InChI=1S/C54H40/c1-7-19-37(20-8-1)43-31-49-50(32-44(43)38-21-9-2-10-22-38)52-34-46(40-25-13-4-14-26-40)48(42-29-17-6-18-30-42)36-54(52)53-35-47(41-27-15-5-16-28-41)45(33-51(49)53)39-23-11-3-12-24-39/h1-2,5-11,13,15-36H,3-4,12,14H2. The summed E-state index contributed by atoms with van der Waals surface area (Å²) in [4.78, 5) is 0. The van der Waals surface area contributed by atoms with E-state index in [0.717, 1.165) is 25.7 Å². The van der Waals surface area contributed by atoms with Gasteiger partial charge in [-0.05, 0) is 161 Å². The van der Waals surface area contributed by atoms with E-state index in [4.69, 9.17) is 0 Å². The number of fused-ring (bicyclic) bond motifs is 6. The monoisotopic (exact) mass is 688 g/mol. The van der Waals surface area contributed by atoms with Crippen LogP contribution < -0.4 is 0 Å². The Balaban J connectivity index is 1.41. The molecular weight excluding hydrogens is 649 g/mol. The van der Waals surface area contributed by atoms with Crippen LogP contribution in [0.5, 0.6) is 0 Å². The fraction of sp³-hybridized carbons (Fsp3) is 0.0741. The van der Waals surface area contributed by atoms with Gasteiger partial charge < -0.3 is 0 Å². The molecule has 256 valence electrons. The predicted octanol–water partition coefficient (Wildman–Crippen LogP) is 15.3. The van der Waals surface area contributed by atoms with Gasteiger partial charge in [0, 0.05) is 0 Å². The molecule has 54 heavy (non-hydrogen) atoms. The van der Waals surface area contributed by atoms with Crippen molar-refractivity contribution in [2.45, 2.75) is 25.7 Å². The lowest BCUT2D eigenvalue weighted by Crippen LogP contribution is -1.96. The van der Waals surface area contributed by atoms with E-state index in [1.165, 1.54) is 99.1 Å². The van der Waals surface area contributed by atoms with Crippen LogP contribution in [0.15, 0.2) is 194 Å². The minimum Gasteiger partial charge on any atom is -0.0836 e.